The predicted molar refractivity (Wildman–Crippen MR) is 102 cm³/mol. The van der Waals surface area contributed by atoms with E-state index in [-0.39, 0.29) is 12.2 Å². The van der Waals surface area contributed by atoms with Crippen LogP contribution in [-0.4, -0.2) is 11.0 Å². The van der Waals surface area contributed by atoms with E-state index >= 15 is 0 Å². The number of hydrogen-bond donors (Lipinski definition) is 2. The molecular weight excluding hydrogens is 391 g/mol. The summed E-state index contributed by atoms with van der Waals surface area (Å²) in [5.74, 6) is 0. The molecule has 0 aliphatic rings. The summed E-state index contributed by atoms with van der Waals surface area (Å²) in [5, 5.41) is 4.58. The van der Waals surface area contributed by atoms with E-state index in [0.717, 1.165) is 28.8 Å². The first kappa shape index (κ1) is 19.7. The fourth-order valence-electron chi connectivity index (χ4n) is 2.58. The monoisotopic (exact) mass is 405 g/mol. The van der Waals surface area contributed by atoms with Crippen molar-refractivity contribution < 1.29 is 18.0 Å². The van der Waals surface area contributed by atoms with Crippen LogP contribution < -0.4 is 10.6 Å². The van der Waals surface area contributed by atoms with Crippen LogP contribution >= 0.6 is 11.6 Å². The topological polar surface area (TPSA) is 54.0 Å². The van der Waals surface area contributed by atoms with Crippen molar-refractivity contribution >= 4 is 23.3 Å². The number of aromatic nitrogens is 1. The number of amides is 2. The van der Waals surface area contributed by atoms with Crippen molar-refractivity contribution in [3.8, 4) is 11.1 Å². The average Bonchev–Trinajstić information content (AvgIpc) is 2.68. The number of anilines is 1. The highest BCUT2D eigenvalue weighted by Gasteiger charge is 2.33. The van der Waals surface area contributed by atoms with E-state index in [1.807, 2.05) is 36.4 Å². The van der Waals surface area contributed by atoms with E-state index in [1.54, 1.807) is 12.4 Å². The van der Waals surface area contributed by atoms with E-state index in [2.05, 4.69) is 15.6 Å². The second kappa shape index (κ2) is 8.31. The molecule has 8 heteroatoms. The van der Waals surface area contributed by atoms with Gasteiger partial charge in [0.05, 0.1) is 10.6 Å². The largest absolute Gasteiger partial charge is 0.417 e. The summed E-state index contributed by atoms with van der Waals surface area (Å²) in [6, 6.07) is 13.9. The predicted octanol–water partition coefficient (Wildman–Crippen LogP) is 5.74. The maximum Gasteiger partial charge on any atom is 0.417 e. The lowest BCUT2D eigenvalue weighted by Crippen LogP contribution is -2.28. The molecule has 0 atom stereocenters. The van der Waals surface area contributed by atoms with Gasteiger partial charge in [0.25, 0.3) is 0 Å². The Hall–Kier alpha value is -3.06. The Morgan fingerprint density at radius 3 is 2.46 bits per heavy atom. The van der Waals surface area contributed by atoms with Crippen molar-refractivity contribution in [2.45, 2.75) is 12.7 Å². The quantitative estimate of drug-likeness (QED) is 0.581. The van der Waals surface area contributed by atoms with Crippen LogP contribution in [0.2, 0.25) is 5.02 Å². The Morgan fingerprint density at radius 1 is 1.00 bits per heavy atom. The first-order valence-electron chi connectivity index (χ1n) is 8.24. The molecule has 3 aromatic rings. The zero-order valence-corrected chi connectivity index (χ0v) is 15.2. The van der Waals surface area contributed by atoms with Gasteiger partial charge in [-0.25, -0.2) is 4.79 Å². The molecule has 0 aliphatic carbocycles. The van der Waals surface area contributed by atoms with Crippen LogP contribution in [0.15, 0.2) is 67.0 Å². The van der Waals surface area contributed by atoms with Crippen LogP contribution in [0.1, 0.15) is 11.1 Å². The van der Waals surface area contributed by atoms with Crippen molar-refractivity contribution in [2.24, 2.45) is 0 Å². The fourth-order valence-corrected chi connectivity index (χ4v) is 2.81. The molecule has 2 aromatic carbocycles. The molecule has 144 valence electrons. The Balaban J connectivity index is 1.64. The van der Waals surface area contributed by atoms with Crippen LogP contribution in [0.25, 0.3) is 11.1 Å². The molecule has 2 N–H and O–H groups in total. The minimum Gasteiger partial charge on any atom is -0.334 e. The molecule has 0 fully saturated rings. The Labute approximate surface area is 164 Å². The number of halogens is 4. The zero-order chi connectivity index (χ0) is 20.1. The number of carbonyl (C=O) groups excluding carboxylic acids is 1. The van der Waals surface area contributed by atoms with Gasteiger partial charge in [-0.3, -0.25) is 4.98 Å². The second-order valence-electron chi connectivity index (χ2n) is 5.94. The molecule has 0 saturated carbocycles. The van der Waals surface area contributed by atoms with Crippen molar-refractivity contribution in [1.29, 1.82) is 0 Å². The summed E-state index contributed by atoms with van der Waals surface area (Å²) < 4.78 is 38.7. The number of hydrogen-bond acceptors (Lipinski definition) is 2. The number of pyridine rings is 1. The van der Waals surface area contributed by atoms with E-state index in [1.165, 1.54) is 6.07 Å². The van der Waals surface area contributed by atoms with Crippen LogP contribution in [0.5, 0.6) is 0 Å². The number of carbonyl (C=O) groups is 1. The molecule has 0 aliphatic heterocycles. The molecule has 0 unspecified atom stereocenters. The number of urea groups is 1. The lowest BCUT2D eigenvalue weighted by atomic mass is 10.0. The molecule has 3 rings (SSSR count). The van der Waals surface area contributed by atoms with E-state index < -0.39 is 22.8 Å². The van der Waals surface area contributed by atoms with Crippen LogP contribution in [0.4, 0.5) is 23.7 Å². The highest BCUT2D eigenvalue weighted by atomic mass is 35.5. The first-order valence-corrected chi connectivity index (χ1v) is 8.61. The summed E-state index contributed by atoms with van der Waals surface area (Å²) in [5.41, 5.74) is 1.80. The summed E-state index contributed by atoms with van der Waals surface area (Å²) in [4.78, 5) is 16.0. The first-order chi connectivity index (χ1) is 13.3. The summed E-state index contributed by atoms with van der Waals surface area (Å²) >= 11 is 5.57. The van der Waals surface area contributed by atoms with E-state index in [4.69, 9.17) is 11.6 Å². The molecule has 2 amide bonds. The number of nitrogens with one attached hydrogen (secondary N) is 2. The SMILES string of the molecule is O=C(NCc1cccc(-c2ccncc2)c1)Nc1ccc(Cl)c(C(F)(F)F)c1. The van der Waals surface area contributed by atoms with Gasteiger partial charge >= 0.3 is 12.2 Å². The maximum absolute atomic E-state index is 12.9. The summed E-state index contributed by atoms with van der Waals surface area (Å²) in [6.07, 6.45) is -1.22. The third-order valence-electron chi connectivity index (χ3n) is 3.92. The third kappa shape index (κ3) is 5.01. The van der Waals surface area contributed by atoms with Crippen LogP contribution in [0.3, 0.4) is 0 Å². The number of nitrogens with zero attached hydrogens (tertiary/aromatic N) is 1. The molecule has 0 saturated heterocycles. The van der Waals surface area contributed by atoms with Gasteiger partial charge in [0.1, 0.15) is 0 Å². The molecular formula is C20H15ClF3N3O. The average molecular weight is 406 g/mol. The molecule has 4 nitrogen and oxygen atoms in total. The minimum absolute atomic E-state index is 0.000221. The highest BCUT2D eigenvalue weighted by molar-refractivity contribution is 6.31. The Kier molecular flexibility index (Phi) is 5.84. The van der Waals surface area contributed by atoms with E-state index in [0.29, 0.717) is 0 Å². The fraction of sp³-hybridized carbons (Fsp3) is 0.100. The Morgan fingerprint density at radius 2 is 1.75 bits per heavy atom. The zero-order valence-electron chi connectivity index (χ0n) is 14.4. The van der Waals surface area contributed by atoms with Gasteiger partial charge in [0.15, 0.2) is 0 Å². The lowest BCUT2D eigenvalue weighted by Gasteiger charge is -2.12. The molecule has 0 spiro atoms. The van der Waals surface area contributed by atoms with Gasteiger partial charge in [0.2, 0.25) is 0 Å². The highest BCUT2D eigenvalue weighted by Crippen LogP contribution is 2.36. The molecule has 0 radical (unpaired) electrons. The summed E-state index contributed by atoms with van der Waals surface area (Å²) in [6.45, 7) is 0.213. The third-order valence-corrected chi connectivity index (χ3v) is 4.25. The second-order valence-corrected chi connectivity index (χ2v) is 6.34. The molecule has 0 bridgehead atoms. The van der Waals surface area contributed by atoms with Gasteiger partial charge in [-0.15, -0.1) is 0 Å². The van der Waals surface area contributed by atoms with Gasteiger partial charge in [-0.05, 0) is 53.1 Å². The van der Waals surface area contributed by atoms with Crippen molar-refractivity contribution in [3.05, 3.63) is 83.1 Å². The lowest BCUT2D eigenvalue weighted by molar-refractivity contribution is -0.137. The van der Waals surface area contributed by atoms with E-state index in [9.17, 15) is 18.0 Å². The smallest absolute Gasteiger partial charge is 0.334 e. The van der Waals surface area contributed by atoms with Crippen molar-refractivity contribution in [3.63, 3.8) is 0 Å². The molecule has 28 heavy (non-hydrogen) atoms. The van der Waals surface area contributed by atoms with Gasteiger partial charge in [-0.2, -0.15) is 13.2 Å². The maximum atomic E-state index is 12.9. The number of rotatable bonds is 4. The molecule has 1 aromatic heterocycles. The van der Waals surface area contributed by atoms with Crippen LogP contribution in [-0.2, 0) is 12.7 Å². The van der Waals surface area contributed by atoms with Gasteiger partial charge in [0, 0.05) is 24.6 Å². The standard InChI is InChI=1S/C20H15ClF3N3O/c21-18-5-4-16(11-17(18)20(22,23)24)27-19(28)26-12-13-2-1-3-15(10-13)14-6-8-25-9-7-14/h1-11H,12H2,(H2,26,27,28). The normalized spacial score (nSPS) is 11.1. The summed E-state index contributed by atoms with van der Waals surface area (Å²) in [7, 11) is 0. The van der Waals surface area contributed by atoms with Gasteiger partial charge < -0.3 is 10.6 Å². The van der Waals surface area contributed by atoms with Crippen LogP contribution in [0, 0.1) is 0 Å². The minimum atomic E-state index is -4.60. The Bertz CT molecular complexity index is 978. The number of alkyl halides is 3. The van der Waals surface area contributed by atoms with Crippen molar-refractivity contribution in [2.75, 3.05) is 5.32 Å². The van der Waals surface area contributed by atoms with Crippen molar-refractivity contribution in [1.82, 2.24) is 10.3 Å². The van der Waals surface area contributed by atoms with Gasteiger partial charge in [-0.1, -0.05) is 29.8 Å². The number of benzene rings is 2. The molecule has 1 heterocycles.